The SMILES string of the molecule is Cc1nc(-c2ccc(Cl)cc2Cl)nc(NCCCCNc2ccc(C#N)cn2)c1C. The van der Waals surface area contributed by atoms with Crippen molar-refractivity contribution >= 4 is 34.8 Å². The molecule has 0 radical (unpaired) electrons. The van der Waals surface area contributed by atoms with Crippen LogP contribution in [0.15, 0.2) is 36.5 Å². The van der Waals surface area contributed by atoms with E-state index in [1.807, 2.05) is 26.0 Å². The summed E-state index contributed by atoms with van der Waals surface area (Å²) in [7, 11) is 0. The summed E-state index contributed by atoms with van der Waals surface area (Å²) in [6, 6.07) is 10.9. The van der Waals surface area contributed by atoms with E-state index >= 15 is 0 Å². The van der Waals surface area contributed by atoms with Gasteiger partial charge in [-0.2, -0.15) is 5.26 Å². The second-order valence-electron chi connectivity index (χ2n) is 6.83. The molecule has 3 rings (SSSR count). The Morgan fingerprint density at radius 2 is 1.77 bits per heavy atom. The van der Waals surface area contributed by atoms with Crippen molar-refractivity contribution < 1.29 is 0 Å². The van der Waals surface area contributed by atoms with Crippen LogP contribution in [0.2, 0.25) is 10.0 Å². The minimum atomic E-state index is 0.527. The molecule has 8 heteroatoms. The van der Waals surface area contributed by atoms with Gasteiger partial charge in [-0.1, -0.05) is 23.2 Å². The number of halogens is 2. The lowest BCUT2D eigenvalue weighted by atomic mass is 10.1. The number of nitrogens with one attached hydrogen (secondary N) is 2. The largest absolute Gasteiger partial charge is 0.370 e. The highest BCUT2D eigenvalue weighted by molar-refractivity contribution is 6.36. The number of unbranched alkanes of at least 4 members (excludes halogenated alkanes) is 1. The fraction of sp³-hybridized carbons (Fsp3) is 0.273. The molecular formula is C22H22Cl2N6. The monoisotopic (exact) mass is 440 g/mol. The molecule has 0 aliphatic carbocycles. The molecule has 0 aliphatic heterocycles. The molecular weight excluding hydrogens is 419 g/mol. The van der Waals surface area contributed by atoms with Crippen LogP contribution >= 0.6 is 23.2 Å². The van der Waals surface area contributed by atoms with E-state index in [1.165, 1.54) is 0 Å². The van der Waals surface area contributed by atoms with Crippen LogP contribution in [0.4, 0.5) is 11.6 Å². The van der Waals surface area contributed by atoms with Crippen LogP contribution in [0.1, 0.15) is 29.7 Å². The lowest BCUT2D eigenvalue weighted by Gasteiger charge is -2.13. The number of benzene rings is 1. The Morgan fingerprint density at radius 3 is 2.43 bits per heavy atom. The van der Waals surface area contributed by atoms with Crippen LogP contribution in [0.25, 0.3) is 11.4 Å². The highest BCUT2D eigenvalue weighted by Gasteiger charge is 2.12. The van der Waals surface area contributed by atoms with Gasteiger partial charge in [0.2, 0.25) is 0 Å². The number of nitrogens with zero attached hydrogens (tertiary/aromatic N) is 4. The van der Waals surface area contributed by atoms with Crippen molar-refractivity contribution in [1.82, 2.24) is 15.0 Å². The fourth-order valence-electron chi connectivity index (χ4n) is 2.83. The van der Waals surface area contributed by atoms with E-state index in [9.17, 15) is 0 Å². The van der Waals surface area contributed by atoms with Gasteiger partial charge in [-0.3, -0.25) is 0 Å². The number of rotatable bonds is 8. The van der Waals surface area contributed by atoms with E-state index in [0.717, 1.165) is 54.4 Å². The Bertz CT molecular complexity index is 1060. The number of pyridine rings is 1. The van der Waals surface area contributed by atoms with Gasteiger partial charge in [0.1, 0.15) is 17.7 Å². The maximum Gasteiger partial charge on any atom is 0.163 e. The Balaban J connectivity index is 1.54. The zero-order chi connectivity index (χ0) is 21.5. The van der Waals surface area contributed by atoms with E-state index < -0.39 is 0 Å². The Labute approximate surface area is 186 Å². The van der Waals surface area contributed by atoms with E-state index in [1.54, 1.807) is 24.4 Å². The zero-order valence-electron chi connectivity index (χ0n) is 16.8. The molecule has 0 saturated heterocycles. The Kier molecular flexibility index (Phi) is 7.45. The first-order valence-electron chi connectivity index (χ1n) is 9.62. The number of aromatic nitrogens is 3. The van der Waals surface area contributed by atoms with Crippen molar-refractivity contribution in [3.63, 3.8) is 0 Å². The van der Waals surface area contributed by atoms with Gasteiger partial charge in [-0.25, -0.2) is 15.0 Å². The first kappa shape index (κ1) is 21.8. The molecule has 0 bridgehead atoms. The van der Waals surface area contributed by atoms with Crippen molar-refractivity contribution in [3.05, 3.63) is 63.4 Å². The third kappa shape index (κ3) is 5.59. The molecule has 0 spiro atoms. The van der Waals surface area contributed by atoms with Gasteiger partial charge in [0.15, 0.2) is 5.82 Å². The zero-order valence-corrected chi connectivity index (χ0v) is 18.3. The lowest BCUT2D eigenvalue weighted by molar-refractivity contribution is 0.790. The normalized spacial score (nSPS) is 10.5. The van der Waals surface area contributed by atoms with Crippen molar-refractivity contribution in [1.29, 1.82) is 5.26 Å². The minimum absolute atomic E-state index is 0.527. The summed E-state index contributed by atoms with van der Waals surface area (Å²) in [4.78, 5) is 13.5. The second kappa shape index (κ2) is 10.2. The van der Waals surface area contributed by atoms with Gasteiger partial charge >= 0.3 is 0 Å². The van der Waals surface area contributed by atoms with E-state index in [4.69, 9.17) is 28.5 Å². The summed E-state index contributed by atoms with van der Waals surface area (Å²) in [5, 5.41) is 16.6. The van der Waals surface area contributed by atoms with Gasteiger partial charge in [-0.15, -0.1) is 0 Å². The number of aryl methyl sites for hydroxylation is 1. The molecule has 0 saturated carbocycles. The predicted molar refractivity (Wildman–Crippen MR) is 122 cm³/mol. The van der Waals surface area contributed by atoms with Crippen LogP contribution in [0, 0.1) is 25.2 Å². The molecule has 2 heterocycles. The van der Waals surface area contributed by atoms with Gasteiger partial charge in [0, 0.05) is 41.1 Å². The maximum absolute atomic E-state index is 8.80. The van der Waals surface area contributed by atoms with Crippen molar-refractivity contribution in [2.75, 3.05) is 23.7 Å². The quantitative estimate of drug-likeness (QED) is 0.440. The number of nitriles is 1. The maximum atomic E-state index is 8.80. The molecule has 2 aromatic heterocycles. The smallest absolute Gasteiger partial charge is 0.163 e. The van der Waals surface area contributed by atoms with Crippen LogP contribution in [-0.2, 0) is 0 Å². The summed E-state index contributed by atoms with van der Waals surface area (Å²) >= 11 is 12.3. The Morgan fingerprint density at radius 1 is 1.00 bits per heavy atom. The summed E-state index contributed by atoms with van der Waals surface area (Å²) in [6.07, 6.45) is 3.49. The van der Waals surface area contributed by atoms with Crippen LogP contribution < -0.4 is 10.6 Å². The molecule has 1 aromatic carbocycles. The van der Waals surface area contributed by atoms with Gasteiger partial charge in [-0.05, 0) is 57.0 Å². The molecule has 2 N–H and O–H groups in total. The number of hydrogen-bond acceptors (Lipinski definition) is 6. The molecule has 3 aromatic rings. The average molecular weight is 441 g/mol. The molecule has 0 atom stereocenters. The molecule has 0 aliphatic rings. The van der Waals surface area contributed by atoms with Gasteiger partial charge in [0.25, 0.3) is 0 Å². The lowest BCUT2D eigenvalue weighted by Crippen LogP contribution is -2.10. The Hall–Kier alpha value is -2.88. The van der Waals surface area contributed by atoms with Gasteiger partial charge in [0.05, 0.1) is 10.6 Å². The standard InChI is InChI=1S/C22H22Cl2N6/c1-14-15(2)29-22(18-7-6-17(23)11-19(18)24)30-21(14)27-10-4-3-9-26-20-8-5-16(12-25)13-28-20/h5-8,11,13H,3-4,9-10H2,1-2H3,(H,26,28)(H,27,29,30). The van der Waals surface area contributed by atoms with E-state index in [2.05, 4.69) is 31.7 Å². The summed E-state index contributed by atoms with van der Waals surface area (Å²) in [5.74, 6) is 2.16. The number of hydrogen-bond donors (Lipinski definition) is 2. The molecule has 6 nitrogen and oxygen atoms in total. The number of anilines is 2. The van der Waals surface area contributed by atoms with Crippen LogP contribution in [-0.4, -0.2) is 28.0 Å². The third-order valence-corrected chi connectivity index (χ3v) is 5.20. The van der Waals surface area contributed by atoms with E-state index in [0.29, 0.717) is 21.4 Å². The first-order chi connectivity index (χ1) is 14.5. The topological polar surface area (TPSA) is 86.5 Å². The fourth-order valence-corrected chi connectivity index (χ4v) is 3.32. The average Bonchev–Trinajstić information content (AvgIpc) is 2.74. The first-order valence-corrected chi connectivity index (χ1v) is 10.4. The highest BCUT2D eigenvalue weighted by Crippen LogP contribution is 2.30. The molecule has 0 amide bonds. The van der Waals surface area contributed by atoms with E-state index in [-0.39, 0.29) is 0 Å². The molecule has 30 heavy (non-hydrogen) atoms. The van der Waals surface area contributed by atoms with Crippen molar-refractivity contribution in [2.45, 2.75) is 26.7 Å². The summed E-state index contributed by atoms with van der Waals surface area (Å²) < 4.78 is 0. The second-order valence-corrected chi connectivity index (χ2v) is 7.68. The predicted octanol–water partition coefficient (Wildman–Crippen LogP) is 5.64. The van der Waals surface area contributed by atoms with Crippen molar-refractivity contribution in [3.8, 4) is 17.5 Å². The minimum Gasteiger partial charge on any atom is -0.370 e. The highest BCUT2D eigenvalue weighted by atomic mass is 35.5. The molecule has 0 unspecified atom stereocenters. The summed E-state index contributed by atoms with van der Waals surface area (Å²) in [5.41, 5.74) is 3.23. The van der Waals surface area contributed by atoms with Gasteiger partial charge < -0.3 is 10.6 Å². The third-order valence-electron chi connectivity index (χ3n) is 4.66. The van der Waals surface area contributed by atoms with Crippen molar-refractivity contribution in [2.24, 2.45) is 0 Å². The molecule has 154 valence electrons. The van der Waals surface area contributed by atoms with Crippen LogP contribution in [0.5, 0.6) is 0 Å². The molecule has 0 fully saturated rings. The summed E-state index contributed by atoms with van der Waals surface area (Å²) in [6.45, 7) is 5.55. The van der Waals surface area contributed by atoms with Crippen LogP contribution in [0.3, 0.4) is 0 Å².